The lowest BCUT2D eigenvalue weighted by Gasteiger charge is -2.32. The van der Waals surface area contributed by atoms with E-state index in [-0.39, 0.29) is 11.9 Å². The normalized spacial score (nSPS) is 15.4. The zero-order valence-electron chi connectivity index (χ0n) is 16.7. The highest BCUT2D eigenvalue weighted by atomic mass is 35.5. The molecular formula is C21H25ClN2O4S. The van der Waals surface area contributed by atoms with Crippen LogP contribution in [0.5, 0.6) is 5.75 Å². The number of nitrogens with one attached hydrogen (secondary N) is 1. The minimum atomic E-state index is -3.60. The van der Waals surface area contributed by atoms with E-state index in [0.717, 1.165) is 11.1 Å². The third kappa shape index (κ3) is 4.91. The number of amides is 1. The molecule has 0 atom stereocenters. The van der Waals surface area contributed by atoms with Gasteiger partial charge in [-0.05, 0) is 56.5 Å². The van der Waals surface area contributed by atoms with Crippen molar-refractivity contribution >= 4 is 27.5 Å². The van der Waals surface area contributed by atoms with Crippen LogP contribution in [0.2, 0.25) is 5.02 Å². The topological polar surface area (TPSA) is 75.7 Å². The van der Waals surface area contributed by atoms with Gasteiger partial charge < -0.3 is 9.64 Å². The van der Waals surface area contributed by atoms with Crippen molar-refractivity contribution in [1.29, 1.82) is 0 Å². The highest BCUT2D eigenvalue weighted by Gasteiger charge is 2.29. The number of piperidine rings is 1. The molecule has 29 heavy (non-hydrogen) atoms. The van der Waals surface area contributed by atoms with E-state index >= 15 is 0 Å². The first-order valence-corrected chi connectivity index (χ1v) is 11.3. The van der Waals surface area contributed by atoms with Crippen molar-refractivity contribution in [3.63, 3.8) is 0 Å². The van der Waals surface area contributed by atoms with Crippen molar-refractivity contribution in [2.24, 2.45) is 0 Å². The number of halogens is 1. The lowest BCUT2D eigenvalue weighted by Crippen LogP contribution is -2.46. The molecule has 0 saturated carbocycles. The van der Waals surface area contributed by atoms with Crippen LogP contribution in [-0.2, 0) is 10.0 Å². The predicted octanol–water partition coefficient (Wildman–Crippen LogP) is 3.55. The molecule has 1 fully saturated rings. The molecule has 8 heteroatoms. The van der Waals surface area contributed by atoms with E-state index in [1.165, 1.54) is 7.11 Å². The van der Waals surface area contributed by atoms with E-state index in [9.17, 15) is 13.2 Å². The highest BCUT2D eigenvalue weighted by molar-refractivity contribution is 7.89. The smallest absolute Gasteiger partial charge is 0.257 e. The maximum Gasteiger partial charge on any atom is 0.257 e. The largest absolute Gasteiger partial charge is 0.496 e. The molecule has 1 heterocycles. The average Bonchev–Trinajstić information content (AvgIpc) is 2.67. The van der Waals surface area contributed by atoms with Crippen LogP contribution in [0.4, 0.5) is 0 Å². The number of hydrogen-bond acceptors (Lipinski definition) is 4. The van der Waals surface area contributed by atoms with Crippen molar-refractivity contribution in [2.75, 3.05) is 20.2 Å². The Morgan fingerprint density at radius 2 is 1.83 bits per heavy atom. The fraction of sp³-hybridized carbons (Fsp3) is 0.381. The van der Waals surface area contributed by atoms with Crippen molar-refractivity contribution in [3.05, 3.63) is 58.1 Å². The monoisotopic (exact) mass is 436 g/mol. The third-order valence-electron chi connectivity index (χ3n) is 5.12. The molecule has 1 saturated heterocycles. The van der Waals surface area contributed by atoms with Gasteiger partial charge in [0.15, 0.2) is 0 Å². The summed E-state index contributed by atoms with van der Waals surface area (Å²) in [6, 6.07) is 10.0. The van der Waals surface area contributed by atoms with Gasteiger partial charge in [-0.15, -0.1) is 0 Å². The number of ether oxygens (including phenoxy) is 1. The second-order valence-corrected chi connectivity index (χ2v) is 9.42. The van der Waals surface area contributed by atoms with Gasteiger partial charge in [-0.2, -0.15) is 0 Å². The van der Waals surface area contributed by atoms with E-state index in [1.54, 1.807) is 42.2 Å². The molecule has 2 aromatic carbocycles. The number of nitrogens with zero attached hydrogens (tertiary/aromatic N) is 1. The van der Waals surface area contributed by atoms with Crippen LogP contribution in [-0.4, -0.2) is 45.5 Å². The number of hydrogen-bond donors (Lipinski definition) is 1. The summed E-state index contributed by atoms with van der Waals surface area (Å²) in [5, 5.41) is 0.463. The number of aryl methyl sites for hydroxylation is 2. The number of benzene rings is 2. The highest BCUT2D eigenvalue weighted by Crippen LogP contribution is 2.26. The summed E-state index contributed by atoms with van der Waals surface area (Å²) in [5.41, 5.74) is 2.15. The van der Waals surface area contributed by atoms with Crippen LogP contribution in [0.25, 0.3) is 0 Å². The van der Waals surface area contributed by atoms with E-state index < -0.39 is 10.0 Å². The Labute approximate surface area is 176 Å². The predicted molar refractivity (Wildman–Crippen MR) is 113 cm³/mol. The summed E-state index contributed by atoms with van der Waals surface area (Å²) in [6.07, 6.45) is 1.08. The number of methoxy groups -OCH3 is 1. The molecule has 0 spiro atoms. The Morgan fingerprint density at radius 1 is 1.14 bits per heavy atom. The number of carbonyl (C=O) groups is 1. The molecular weight excluding hydrogens is 412 g/mol. The SMILES string of the molecule is COc1ccc(Cl)cc1C(=O)N1CCC(NS(=O)(=O)c2ccc(C)cc2C)CC1. The van der Waals surface area contributed by atoms with Crippen LogP contribution < -0.4 is 9.46 Å². The van der Waals surface area contributed by atoms with E-state index in [0.29, 0.717) is 47.2 Å². The van der Waals surface area contributed by atoms with Gasteiger partial charge in [0, 0.05) is 24.2 Å². The molecule has 1 amide bonds. The molecule has 156 valence electrons. The Balaban J connectivity index is 1.66. The van der Waals surface area contributed by atoms with Crippen LogP contribution in [0.3, 0.4) is 0 Å². The lowest BCUT2D eigenvalue weighted by atomic mass is 10.0. The Bertz CT molecular complexity index is 1020. The van der Waals surface area contributed by atoms with E-state index in [1.807, 2.05) is 13.0 Å². The number of sulfonamides is 1. The fourth-order valence-corrected chi connectivity index (χ4v) is 5.31. The van der Waals surface area contributed by atoms with E-state index in [4.69, 9.17) is 16.3 Å². The minimum Gasteiger partial charge on any atom is -0.496 e. The Morgan fingerprint density at radius 3 is 2.45 bits per heavy atom. The first kappa shape index (κ1) is 21.6. The van der Waals surface area contributed by atoms with Crippen LogP contribution >= 0.6 is 11.6 Å². The van der Waals surface area contributed by atoms with Gasteiger partial charge >= 0.3 is 0 Å². The molecule has 3 rings (SSSR count). The molecule has 2 aromatic rings. The number of rotatable bonds is 5. The second kappa shape index (κ2) is 8.73. The maximum atomic E-state index is 12.9. The molecule has 0 radical (unpaired) electrons. The zero-order chi connectivity index (χ0) is 21.2. The molecule has 6 nitrogen and oxygen atoms in total. The summed E-state index contributed by atoms with van der Waals surface area (Å²) in [4.78, 5) is 14.9. The van der Waals surface area contributed by atoms with Crippen molar-refractivity contribution in [2.45, 2.75) is 37.6 Å². The van der Waals surface area contributed by atoms with Gasteiger partial charge in [0.1, 0.15) is 5.75 Å². The zero-order valence-corrected chi connectivity index (χ0v) is 18.3. The summed E-state index contributed by atoms with van der Waals surface area (Å²) < 4.78 is 33.6. The summed E-state index contributed by atoms with van der Waals surface area (Å²) in [6.45, 7) is 4.63. The molecule has 0 aromatic heterocycles. The minimum absolute atomic E-state index is 0.167. The van der Waals surface area contributed by atoms with Gasteiger partial charge in [0.2, 0.25) is 10.0 Å². The molecule has 0 bridgehead atoms. The Hall–Kier alpha value is -2.09. The number of carbonyl (C=O) groups excluding carboxylic acids is 1. The fourth-order valence-electron chi connectivity index (χ4n) is 3.60. The van der Waals surface area contributed by atoms with Gasteiger partial charge in [0.05, 0.1) is 17.6 Å². The second-order valence-electron chi connectivity index (χ2n) is 7.30. The molecule has 0 aliphatic carbocycles. The van der Waals surface area contributed by atoms with E-state index in [2.05, 4.69) is 4.72 Å². The van der Waals surface area contributed by atoms with Crippen LogP contribution in [0, 0.1) is 13.8 Å². The quantitative estimate of drug-likeness (QED) is 0.777. The first-order valence-electron chi connectivity index (χ1n) is 9.43. The van der Waals surface area contributed by atoms with Crippen molar-refractivity contribution in [3.8, 4) is 5.75 Å². The molecule has 0 unspecified atom stereocenters. The lowest BCUT2D eigenvalue weighted by molar-refractivity contribution is 0.0708. The Kier molecular flexibility index (Phi) is 6.51. The maximum absolute atomic E-state index is 12.9. The van der Waals surface area contributed by atoms with Gasteiger partial charge in [-0.1, -0.05) is 29.3 Å². The van der Waals surface area contributed by atoms with Crippen molar-refractivity contribution < 1.29 is 17.9 Å². The third-order valence-corrected chi connectivity index (χ3v) is 7.03. The summed E-state index contributed by atoms with van der Waals surface area (Å²) >= 11 is 6.03. The molecule has 1 N–H and O–H groups in total. The summed E-state index contributed by atoms with van der Waals surface area (Å²) in [7, 11) is -2.10. The van der Waals surface area contributed by atoms with Crippen LogP contribution in [0.1, 0.15) is 34.3 Å². The average molecular weight is 437 g/mol. The van der Waals surface area contributed by atoms with Gasteiger partial charge in [-0.3, -0.25) is 4.79 Å². The molecule has 1 aliphatic rings. The standard InChI is InChI=1S/C21H25ClN2O4S/c1-14-4-7-20(15(2)12-14)29(26,27)23-17-8-10-24(11-9-17)21(25)18-13-16(22)5-6-19(18)28-3/h4-7,12-13,17,23H,8-11H2,1-3H3. The molecule has 1 aliphatic heterocycles. The van der Waals surface area contributed by atoms with Gasteiger partial charge in [0.25, 0.3) is 5.91 Å². The van der Waals surface area contributed by atoms with Gasteiger partial charge in [-0.25, -0.2) is 13.1 Å². The van der Waals surface area contributed by atoms with Crippen molar-refractivity contribution in [1.82, 2.24) is 9.62 Å². The first-order chi connectivity index (χ1) is 13.7. The van der Waals surface area contributed by atoms with Crippen LogP contribution in [0.15, 0.2) is 41.3 Å². The number of likely N-dealkylation sites (tertiary alicyclic amines) is 1. The summed E-state index contributed by atoms with van der Waals surface area (Å²) in [5.74, 6) is 0.303.